The largest absolute Gasteiger partial charge is 0.314 e. The Labute approximate surface area is 122 Å². The van der Waals surface area contributed by atoms with Crippen molar-refractivity contribution in [1.82, 2.24) is 5.32 Å². The number of rotatable bonds is 5. The lowest BCUT2D eigenvalue weighted by Gasteiger charge is -2.12. The molecule has 0 amide bonds. The first-order chi connectivity index (χ1) is 10.0. The molecule has 112 valence electrons. The first-order valence-corrected chi connectivity index (χ1v) is 6.98. The Morgan fingerprint density at radius 3 is 2.05 bits per heavy atom. The predicted octanol–water partition coefficient (Wildman–Crippen LogP) is 4.31. The van der Waals surface area contributed by atoms with E-state index in [-0.39, 0.29) is 0 Å². The highest BCUT2D eigenvalue weighted by Crippen LogP contribution is 2.24. The molecule has 2 aromatic carbocycles. The van der Waals surface area contributed by atoms with Crippen molar-refractivity contribution in [3.63, 3.8) is 0 Å². The van der Waals surface area contributed by atoms with E-state index in [9.17, 15) is 13.2 Å². The molecule has 1 unspecified atom stereocenters. The zero-order valence-electron chi connectivity index (χ0n) is 12.1. The standard InChI is InChI=1S/C17H18F3N/c1-3-21-11(2)8-12-4-6-13(7-5-12)14-9-15(18)17(20)16(19)10-14/h4-7,9-11,21H,3,8H2,1-2H3. The van der Waals surface area contributed by atoms with Crippen LogP contribution in [0.2, 0.25) is 0 Å². The molecule has 0 saturated heterocycles. The van der Waals surface area contributed by atoms with Crippen LogP contribution in [0.15, 0.2) is 36.4 Å². The summed E-state index contributed by atoms with van der Waals surface area (Å²) >= 11 is 0. The third-order valence-electron chi connectivity index (χ3n) is 3.37. The Balaban J connectivity index is 2.19. The van der Waals surface area contributed by atoms with Gasteiger partial charge in [-0.3, -0.25) is 0 Å². The summed E-state index contributed by atoms with van der Waals surface area (Å²) in [4.78, 5) is 0. The van der Waals surface area contributed by atoms with Gasteiger partial charge in [-0.2, -0.15) is 0 Å². The average molecular weight is 293 g/mol. The van der Waals surface area contributed by atoms with E-state index in [1.54, 1.807) is 12.1 Å². The fourth-order valence-corrected chi connectivity index (χ4v) is 2.33. The van der Waals surface area contributed by atoms with Gasteiger partial charge in [-0.25, -0.2) is 13.2 Å². The van der Waals surface area contributed by atoms with E-state index in [0.29, 0.717) is 17.2 Å². The predicted molar refractivity (Wildman–Crippen MR) is 78.6 cm³/mol. The van der Waals surface area contributed by atoms with Crippen molar-refractivity contribution >= 4 is 0 Å². The smallest absolute Gasteiger partial charge is 0.194 e. The van der Waals surface area contributed by atoms with Crippen molar-refractivity contribution in [2.24, 2.45) is 0 Å². The zero-order chi connectivity index (χ0) is 15.4. The Kier molecular flexibility index (Phi) is 5.02. The number of hydrogen-bond donors (Lipinski definition) is 1. The van der Waals surface area contributed by atoms with E-state index >= 15 is 0 Å². The van der Waals surface area contributed by atoms with Crippen LogP contribution in [0.25, 0.3) is 11.1 Å². The maximum atomic E-state index is 13.2. The molecule has 0 spiro atoms. The van der Waals surface area contributed by atoms with Crippen LogP contribution in [-0.2, 0) is 6.42 Å². The molecule has 0 saturated carbocycles. The quantitative estimate of drug-likeness (QED) is 0.810. The molecule has 0 aliphatic rings. The van der Waals surface area contributed by atoms with E-state index in [4.69, 9.17) is 0 Å². The van der Waals surface area contributed by atoms with Crippen LogP contribution in [0.3, 0.4) is 0 Å². The molecular formula is C17H18F3N. The van der Waals surface area contributed by atoms with Crippen LogP contribution in [0.4, 0.5) is 13.2 Å². The van der Waals surface area contributed by atoms with Gasteiger partial charge in [-0.15, -0.1) is 0 Å². The summed E-state index contributed by atoms with van der Waals surface area (Å²) in [7, 11) is 0. The van der Waals surface area contributed by atoms with Crippen LogP contribution in [0.5, 0.6) is 0 Å². The minimum absolute atomic E-state index is 0.331. The number of benzene rings is 2. The van der Waals surface area contributed by atoms with Crippen molar-refractivity contribution in [2.75, 3.05) is 6.54 Å². The number of hydrogen-bond acceptors (Lipinski definition) is 1. The van der Waals surface area contributed by atoms with Crippen molar-refractivity contribution < 1.29 is 13.2 Å². The normalized spacial score (nSPS) is 12.4. The SMILES string of the molecule is CCNC(C)Cc1ccc(-c2cc(F)c(F)c(F)c2)cc1. The Morgan fingerprint density at radius 1 is 0.952 bits per heavy atom. The molecule has 1 atom stereocenters. The molecule has 1 nitrogen and oxygen atoms in total. The van der Waals surface area contributed by atoms with Gasteiger partial charge in [0.05, 0.1) is 0 Å². The van der Waals surface area contributed by atoms with Crippen LogP contribution in [-0.4, -0.2) is 12.6 Å². The van der Waals surface area contributed by atoms with E-state index in [2.05, 4.69) is 19.2 Å². The Bertz CT molecular complexity index is 585. The molecule has 0 aromatic heterocycles. The zero-order valence-corrected chi connectivity index (χ0v) is 12.1. The number of likely N-dealkylation sites (N-methyl/N-ethyl adjacent to an activating group) is 1. The molecule has 0 fully saturated rings. The summed E-state index contributed by atoms with van der Waals surface area (Å²) in [5.41, 5.74) is 2.13. The monoisotopic (exact) mass is 293 g/mol. The van der Waals surface area contributed by atoms with E-state index in [1.165, 1.54) is 0 Å². The van der Waals surface area contributed by atoms with Crippen LogP contribution >= 0.6 is 0 Å². The molecule has 2 aromatic rings. The van der Waals surface area contributed by atoms with Crippen molar-refractivity contribution in [3.8, 4) is 11.1 Å². The fraction of sp³-hybridized carbons (Fsp3) is 0.294. The van der Waals surface area contributed by atoms with E-state index in [1.807, 2.05) is 12.1 Å². The average Bonchev–Trinajstić information content (AvgIpc) is 2.45. The van der Waals surface area contributed by atoms with Crippen molar-refractivity contribution in [1.29, 1.82) is 0 Å². The first-order valence-electron chi connectivity index (χ1n) is 6.98. The van der Waals surface area contributed by atoms with Crippen LogP contribution in [0.1, 0.15) is 19.4 Å². The molecule has 21 heavy (non-hydrogen) atoms. The molecule has 0 aliphatic carbocycles. The molecule has 2 rings (SSSR count). The molecule has 1 N–H and O–H groups in total. The highest BCUT2D eigenvalue weighted by Gasteiger charge is 2.11. The molecular weight excluding hydrogens is 275 g/mol. The van der Waals surface area contributed by atoms with Gasteiger partial charge < -0.3 is 5.32 Å². The van der Waals surface area contributed by atoms with Crippen molar-refractivity contribution in [2.45, 2.75) is 26.3 Å². The highest BCUT2D eigenvalue weighted by atomic mass is 19.2. The summed E-state index contributed by atoms with van der Waals surface area (Å²) < 4.78 is 39.4. The minimum Gasteiger partial charge on any atom is -0.314 e. The lowest BCUT2D eigenvalue weighted by Crippen LogP contribution is -2.27. The lowest BCUT2D eigenvalue weighted by molar-refractivity contribution is 0.448. The second-order valence-corrected chi connectivity index (χ2v) is 5.11. The minimum atomic E-state index is -1.44. The fourth-order valence-electron chi connectivity index (χ4n) is 2.33. The van der Waals surface area contributed by atoms with Crippen molar-refractivity contribution in [3.05, 3.63) is 59.4 Å². The number of halogens is 3. The van der Waals surface area contributed by atoms with Gasteiger partial charge in [0.1, 0.15) is 0 Å². The van der Waals surface area contributed by atoms with Gasteiger partial charge in [0.25, 0.3) is 0 Å². The van der Waals surface area contributed by atoms with E-state index in [0.717, 1.165) is 30.7 Å². The summed E-state index contributed by atoms with van der Waals surface area (Å²) in [6.45, 7) is 5.06. The van der Waals surface area contributed by atoms with Gasteiger partial charge in [0, 0.05) is 6.04 Å². The summed E-state index contributed by atoms with van der Waals surface area (Å²) in [6.07, 6.45) is 0.875. The maximum absolute atomic E-state index is 13.2. The number of nitrogens with one attached hydrogen (secondary N) is 1. The third kappa shape index (κ3) is 3.85. The molecule has 4 heteroatoms. The first kappa shape index (κ1) is 15.6. The Hall–Kier alpha value is -1.81. The van der Waals surface area contributed by atoms with Crippen LogP contribution < -0.4 is 5.32 Å². The Morgan fingerprint density at radius 2 is 1.52 bits per heavy atom. The molecule has 0 heterocycles. The lowest BCUT2D eigenvalue weighted by atomic mass is 10.0. The van der Waals surface area contributed by atoms with Gasteiger partial charge >= 0.3 is 0 Å². The summed E-state index contributed by atoms with van der Waals surface area (Å²) in [5, 5.41) is 3.32. The molecule has 0 aliphatic heterocycles. The van der Waals surface area contributed by atoms with Gasteiger partial charge in [-0.05, 0) is 48.7 Å². The van der Waals surface area contributed by atoms with E-state index < -0.39 is 17.5 Å². The van der Waals surface area contributed by atoms with Crippen LogP contribution in [0, 0.1) is 17.5 Å². The molecule has 0 radical (unpaired) electrons. The summed E-state index contributed by atoms with van der Waals surface area (Å²) in [6, 6.07) is 9.80. The topological polar surface area (TPSA) is 12.0 Å². The highest BCUT2D eigenvalue weighted by molar-refractivity contribution is 5.63. The third-order valence-corrected chi connectivity index (χ3v) is 3.37. The second kappa shape index (κ2) is 6.76. The second-order valence-electron chi connectivity index (χ2n) is 5.11. The molecule has 0 bridgehead atoms. The van der Waals surface area contributed by atoms with Gasteiger partial charge in [-0.1, -0.05) is 31.2 Å². The van der Waals surface area contributed by atoms with Gasteiger partial charge in [0.15, 0.2) is 17.5 Å². The summed E-state index contributed by atoms with van der Waals surface area (Å²) in [5.74, 6) is -3.78. The maximum Gasteiger partial charge on any atom is 0.194 e. The van der Waals surface area contributed by atoms with Gasteiger partial charge in [0.2, 0.25) is 0 Å².